The van der Waals surface area contributed by atoms with E-state index in [1.54, 1.807) is 0 Å². The second-order valence-corrected chi connectivity index (χ2v) is 6.34. The second-order valence-electron chi connectivity index (χ2n) is 5.49. The van der Waals surface area contributed by atoms with Gasteiger partial charge in [0.25, 0.3) is 5.52 Å². The molecule has 0 aliphatic heterocycles. The minimum Gasteiger partial charge on any atom is -1.00 e. The van der Waals surface area contributed by atoms with Gasteiger partial charge in [-0.3, -0.25) is 0 Å². The molecule has 0 atom stereocenters. The SMILES string of the molecule is Nc1ccc(Oc2ccccc2)cc1.Oc1c(Br)cc[n+]2ccccc12.[Br-]. The summed E-state index contributed by atoms with van der Waals surface area (Å²) in [5, 5.41) is 9.59. The van der Waals surface area contributed by atoms with E-state index in [1.165, 1.54) is 0 Å². The van der Waals surface area contributed by atoms with E-state index >= 15 is 0 Å². The van der Waals surface area contributed by atoms with Crippen molar-refractivity contribution in [2.45, 2.75) is 0 Å². The molecule has 0 aliphatic rings. The molecule has 2 aromatic heterocycles. The zero-order chi connectivity index (χ0) is 18.4. The topological polar surface area (TPSA) is 59.6 Å². The third-order valence-corrected chi connectivity index (χ3v) is 4.24. The molecule has 0 spiro atoms. The van der Waals surface area contributed by atoms with Gasteiger partial charge >= 0.3 is 0 Å². The summed E-state index contributed by atoms with van der Waals surface area (Å²) >= 11 is 3.25. The highest BCUT2D eigenvalue weighted by Crippen LogP contribution is 2.25. The first-order valence-electron chi connectivity index (χ1n) is 7.99. The summed E-state index contributed by atoms with van der Waals surface area (Å²) < 4.78 is 8.16. The summed E-state index contributed by atoms with van der Waals surface area (Å²) in [5.41, 5.74) is 7.10. The van der Waals surface area contributed by atoms with Crippen LogP contribution in [0.2, 0.25) is 0 Å². The van der Waals surface area contributed by atoms with Gasteiger partial charge in [0, 0.05) is 23.9 Å². The fraction of sp³-hybridized carbons (Fsp3) is 0. The van der Waals surface area contributed by atoms with Gasteiger partial charge in [-0.1, -0.05) is 18.2 Å². The van der Waals surface area contributed by atoms with Crippen LogP contribution in [-0.2, 0) is 0 Å². The van der Waals surface area contributed by atoms with E-state index in [9.17, 15) is 5.11 Å². The normalized spacial score (nSPS) is 9.67. The van der Waals surface area contributed by atoms with Crippen LogP contribution in [0.1, 0.15) is 0 Å². The molecule has 27 heavy (non-hydrogen) atoms. The lowest BCUT2D eigenvalue weighted by molar-refractivity contribution is -0.512. The van der Waals surface area contributed by atoms with E-state index in [0.29, 0.717) is 4.47 Å². The Hall–Kier alpha value is -2.57. The highest BCUT2D eigenvalue weighted by molar-refractivity contribution is 9.10. The van der Waals surface area contributed by atoms with Crippen molar-refractivity contribution in [1.29, 1.82) is 0 Å². The molecule has 2 heterocycles. The van der Waals surface area contributed by atoms with E-state index < -0.39 is 0 Å². The number of hydrogen-bond donors (Lipinski definition) is 2. The van der Waals surface area contributed by atoms with Crippen molar-refractivity contribution in [2.75, 3.05) is 5.73 Å². The van der Waals surface area contributed by atoms with Crippen LogP contribution in [0.25, 0.3) is 5.52 Å². The quantitative estimate of drug-likeness (QED) is 0.334. The van der Waals surface area contributed by atoms with Gasteiger partial charge in [0.05, 0.1) is 4.47 Å². The second kappa shape index (κ2) is 9.94. The number of pyridine rings is 2. The number of nitrogens with zero attached hydrogens (tertiary/aromatic N) is 1. The zero-order valence-corrected chi connectivity index (χ0v) is 17.5. The summed E-state index contributed by atoms with van der Waals surface area (Å²) in [5.74, 6) is 1.90. The number of benzene rings is 2. The van der Waals surface area contributed by atoms with Gasteiger partial charge in [-0.2, -0.15) is 4.40 Å². The Morgan fingerprint density at radius 3 is 2.11 bits per heavy atom. The third-order valence-electron chi connectivity index (χ3n) is 3.60. The highest BCUT2D eigenvalue weighted by atomic mass is 79.9. The molecule has 0 saturated carbocycles. The molecule has 0 fully saturated rings. The van der Waals surface area contributed by atoms with Crippen LogP contribution in [0.5, 0.6) is 17.2 Å². The maximum atomic E-state index is 9.59. The van der Waals surface area contributed by atoms with Crippen molar-refractivity contribution in [3.63, 3.8) is 0 Å². The molecule has 0 radical (unpaired) electrons. The lowest BCUT2D eigenvalue weighted by Crippen LogP contribution is -3.00. The van der Waals surface area contributed by atoms with Gasteiger partial charge in [-0.15, -0.1) is 0 Å². The molecular formula is C21H18Br2N2O2. The number of nitrogen functional groups attached to an aromatic ring is 1. The van der Waals surface area contributed by atoms with Crippen LogP contribution < -0.4 is 31.9 Å². The van der Waals surface area contributed by atoms with Gasteiger partial charge < -0.3 is 32.6 Å². The van der Waals surface area contributed by atoms with Gasteiger partial charge in [0.2, 0.25) is 5.75 Å². The number of halogens is 2. The molecule has 138 valence electrons. The lowest BCUT2D eigenvalue weighted by atomic mass is 10.3. The maximum Gasteiger partial charge on any atom is 0.253 e. The molecule has 4 aromatic rings. The predicted molar refractivity (Wildman–Crippen MR) is 106 cm³/mol. The van der Waals surface area contributed by atoms with Gasteiger partial charge in [0.15, 0.2) is 12.4 Å². The Labute approximate surface area is 176 Å². The van der Waals surface area contributed by atoms with Crippen LogP contribution in [0, 0.1) is 0 Å². The van der Waals surface area contributed by atoms with Crippen molar-refractivity contribution in [3.8, 4) is 17.2 Å². The number of fused-ring (bicyclic) bond motifs is 1. The molecule has 4 nitrogen and oxygen atoms in total. The molecule has 2 aromatic carbocycles. The number of para-hydroxylation sites is 1. The van der Waals surface area contributed by atoms with E-state index in [2.05, 4.69) is 15.9 Å². The van der Waals surface area contributed by atoms with E-state index in [-0.39, 0.29) is 22.7 Å². The number of hydrogen-bond acceptors (Lipinski definition) is 3. The fourth-order valence-electron chi connectivity index (χ4n) is 2.29. The first-order valence-corrected chi connectivity index (χ1v) is 8.79. The smallest absolute Gasteiger partial charge is 0.253 e. The Bertz CT molecular complexity index is 994. The van der Waals surface area contributed by atoms with Crippen molar-refractivity contribution >= 4 is 27.1 Å². The molecular weight excluding hydrogens is 472 g/mol. The Balaban J connectivity index is 0.000000189. The van der Waals surface area contributed by atoms with Crippen LogP contribution in [-0.4, -0.2) is 5.11 Å². The molecule has 3 N–H and O–H groups in total. The van der Waals surface area contributed by atoms with Crippen LogP contribution in [0.3, 0.4) is 0 Å². The van der Waals surface area contributed by atoms with Crippen molar-refractivity contribution in [2.24, 2.45) is 0 Å². The molecule has 0 amide bonds. The Kier molecular flexibility index (Phi) is 7.64. The third kappa shape index (κ3) is 5.70. The zero-order valence-electron chi connectivity index (χ0n) is 14.3. The first-order chi connectivity index (χ1) is 12.6. The van der Waals surface area contributed by atoms with E-state index in [4.69, 9.17) is 10.5 Å². The number of aromatic hydroxyl groups is 1. The standard InChI is InChI=1S/C12H11NO.C9H6BrNO.BrH/c13-10-6-8-12(9-7-10)14-11-4-2-1-3-5-11;10-7-4-6-11-5-2-1-3-8(11)9(7)12;/h1-9H,13H2;1-6H;1H. The number of nitrogens with two attached hydrogens (primary N) is 1. The van der Waals surface area contributed by atoms with Crippen molar-refractivity contribution < 1.29 is 31.2 Å². The summed E-state index contributed by atoms with van der Waals surface area (Å²) in [6.45, 7) is 0. The number of anilines is 1. The van der Waals surface area contributed by atoms with Gasteiger partial charge in [-0.05, 0) is 58.4 Å². The lowest BCUT2D eigenvalue weighted by Gasteiger charge is -2.04. The predicted octanol–water partition coefficient (Wildman–Crippen LogP) is 1.96. The van der Waals surface area contributed by atoms with E-state index in [1.807, 2.05) is 95.7 Å². The molecule has 0 aliphatic carbocycles. The van der Waals surface area contributed by atoms with E-state index in [0.717, 1.165) is 22.7 Å². The molecule has 0 saturated heterocycles. The average Bonchev–Trinajstić information content (AvgIpc) is 2.68. The van der Waals surface area contributed by atoms with Crippen LogP contribution in [0.15, 0.2) is 95.7 Å². The first kappa shape index (κ1) is 20.7. The van der Waals surface area contributed by atoms with Crippen molar-refractivity contribution in [3.05, 3.63) is 95.7 Å². The summed E-state index contributed by atoms with van der Waals surface area (Å²) in [7, 11) is 0. The van der Waals surface area contributed by atoms with Crippen molar-refractivity contribution in [1.82, 2.24) is 0 Å². The molecule has 6 heteroatoms. The van der Waals surface area contributed by atoms with Crippen LogP contribution in [0.4, 0.5) is 5.69 Å². The number of rotatable bonds is 2. The monoisotopic (exact) mass is 488 g/mol. The molecule has 0 bridgehead atoms. The average molecular weight is 490 g/mol. The minimum absolute atomic E-state index is 0. The maximum absolute atomic E-state index is 9.59. The Morgan fingerprint density at radius 2 is 1.41 bits per heavy atom. The number of aromatic nitrogens is 1. The summed E-state index contributed by atoms with van der Waals surface area (Å²) in [6.07, 6.45) is 3.78. The van der Waals surface area contributed by atoms with Crippen LogP contribution >= 0.6 is 15.9 Å². The molecule has 4 rings (SSSR count). The summed E-state index contributed by atoms with van der Waals surface area (Å²) in [4.78, 5) is 0. The largest absolute Gasteiger partial charge is 1.00 e. The summed E-state index contributed by atoms with van der Waals surface area (Å²) in [6, 6.07) is 24.5. The number of ether oxygens (including phenoxy) is 1. The minimum atomic E-state index is 0. The Morgan fingerprint density at radius 1 is 0.778 bits per heavy atom. The van der Waals surface area contributed by atoms with Gasteiger partial charge in [-0.25, -0.2) is 0 Å². The fourth-order valence-corrected chi connectivity index (χ4v) is 2.62. The highest BCUT2D eigenvalue weighted by Gasteiger charge is 2.09. The molecule has 0 unspecified atom stereocenters. The van der Waals surface area contributed by atoms with Gasteiger partial charge in [0.1, 0.15) is 11.5 Å².